The van der Waals surface area contributed by atoms with Crippen LogP contribution in [0.5, 0.6) is 0 Å². The van der Waals surface area contributed by atoms with Gasteiger partial charge in [0.1, 0.15) is 17.3 Å². The molecule has 2 fully saturated rings. The first-order chi connectivity index (χ1) is 18.9. The number of pyridine rings is 1. The first-order valence-electron chi connectivity index (χ1n) is 13.9. The van der Waals surface area contributed by atoms with Gasteiger partial charge >= 0.3 is 0 Å². The molecule has 3 N–H and O–H groups in total. The van der Waals surface area contributed by atoms with Gasteiger partial charge in [-0.2, -0.15) is 0 Å². The van der Waals surface area contributed by atoms with Crippen molar-refractivity contribution in [2.24, 2.45) is 0 Å². The average molecular weight is 537 g/mol. The van der Waals surface area contributed by atoms with Crippen molar-refractivity contribution in [2.45, 2.75) is 51.6 Å². The normalized spacial score (nSPS) is 17.8. The summed E-state index contributed by atoms with van der Waals surface area (Å²) >= 11 is 0. The number of hydrogen-bond donors (Lipinski definition) is 2. The number of aromatic nitrogens is 3. The fraction of sp³-hybridized carbons (Fsp3) is 0.483. The first kappa shape index (κ1) is 27.2. The molecule has 2 saturated heterocycles. The highest BCUT2D eigenvalue weighted by Crippen LogP contribution is 2.33. The van der Waals surface area contributed by atoms with Gasteiger partial charge in [-0.15, -0.1) is 0 Å². The highest BCUT2D eigenvalue weighted by atomic mass is 19.1. The van der Waals surface area contributed by atoms with Gasteiger partial charge in [0.2, 0.25) is 5.95 Å². The third kappa shape index (κ3) is 6.45. The van der Waals surface area contributed by atoms with E-state index in [0.717, 1.165) is 63.7 Å². The van der Waals surface area contributed by atoms with Crippen LogP contribution in [0.25, 0.3) is 11.3 Å². The van der Waals surface area contributed by atoms with Crippen LogP contribution in [-0.2, 0) is 6.54 Å². The number of unbranched alkanes of at least 4 members (excludes halogenated alkanes) is 2. The van der Waals surface area contributed by atoms with E-state index in [9.17, 15) is 8.78 Å². The molecule has 208 valence electrons. The maximum atomic E-state index is 14.8. The summed E-state index contributed by atoms with van der Waals surface area (Å²) in [5.74, 6) is -0.519. The molecule has 4 heterocycles. The van der Waals surface area contributed by atoms with Gasteiger partial charge in [0.05, 0.1) is 17.6 Å². The van der Waals surface area contributed by atoms with Crippen molar-refractivity contribution >= 4 is 23.1 Å². The average Bonchev–Trinajstić information content (AvgIpc) is 3.40. The smallest absolute Gasteiger partial charge is 0.229 e. The predicted octanol–water partition coefficient (Wildman–Crippen LogP) is 5.05. The van der Waals surface area contributed by atoms with Crippen molar-refractivity contribution in [1.29, 1.82) is 0 Å². The number of nitrogens with one attached hydrogen (secondary N) is 1. The largest absolute Gasteiger partial charge is 0.395 e. The van der Waals surface area contributed by atoms with Gasteiger partial charge in [0.15, 0.2) is 5.82 Å². The second-order valence-corrected chi connectivity index (χ2v) is 10.7. The minimum Gasteiger partial charge on any atom is -0.395 e. The molecule has 2 aromatic heterocycles. The first-order valence-corrected chi connectivity index (χ1v) is 13.9. The second kappa shape index (κ2) is 12.2. The van der Waals surface area contributed by atoms with E-state index in [1.807, 2.05) is 30.3 Å². The van der Waals surface area contributed by atoms with Gasteiger partial charge in [-0.1, -0.05) is 25.8 Å². The number of anilines is 4. The maximum Gasteiger partial charge on any atom is 0.229 e. The number of nitrogens with zero attached hydrogens (tertiary/aromatic N) is 6. The molecular formula is C29H38F2N8. The Balaban J connectivity index is 1.28. The lowest BCUT2D eigenvalue weighted by atomic mass is 10.1. The Morgan fingerprint density at radius 2 is 1.95 bits per heavy atom. The highest BCUT2D eigenvalue weighted by molar-refractivity contribution is 5.76. The van der Waals surface area contributed by atoms with E-state index < -0.39 is 11.6 Å². The number of piperazine rings is 1. The molecule has 3 aromatic rings. The number of hydrogen-bond acceptors (Lipinski definition) is 8. The zero-order valence-corrected chi connectivity index (χ0v) is 22.8. The molecule has 8 nitrogen and oxygen atoms in total. The van der Waals surface area contributed by atoms with Gasteiger partial charge in [-0.05, 0) is 49.6 Å². The Kier molecular flexibility index (Phi) is 8.52. The fourth-order valence-electron chi connectivity index (χ4n) is 5.57. The topological polar surface area (TPSA) is 86.4 Å². The SMILES string of the molecule is CCCCCN(C)c1cc(-c2nc(Nc3ccc(CN4CCN5CCCC5C4)cn3)ncc2F)cc(F)c1N. The predicted molar refractivity (Wildman–Crippen MR) is 152 cm³/mol. The van der Waals surface area contributed by atoms with Gasteiger partial charge < -0.3 is 16.0 Å². The molecule has 1 unspecified atom stereocenters. The summed E-state index contributed by atoms with van der Waals surface area (Å²) in [5.41, 5.74) is 8.02. The summed E-state index contributed by atoms with van der Waals surface area (Å²) in [4.78, 5) is 19.9. The summed E-state index contributed by atoms with van der Waals surface area (Å²) in [6, 6.07) is 7.49. The molecule has 1 aromatic carbocycles. The molecule has 0 saturated carbocycles. The quantitative estimate of drug-likeness (QED) is 0.275. The van der Waals surface area contributed by atoms with E-state index in [2.05, 4.69) is 37.0 Å². The number of nitrogens with two attached hydrogens (primary N) is 1. The zero-order chi connectivity index (χ0) is 27.4. The van der Waals surface area contributed by atoms with Crippen molar-refractivity contribution in [1.82, 2.24) is 24.8 Å². The Morgan fingerprint density at radius 1 is 1.08 bits per heavy atom. The monoisotopic (exact) mass is 536 g/mol. The Hall–Kier alpha value is -3.37. The van der Waals surface area contributed by atoms with Crippen molar-refractivity contribution in [3.8, 4) is 11.3 Å². The van der Waals surface area contributed by atoms with Crippen LogP contribution in [0.3, 0.4) is 0 Å². The van der Waals surface area contributed by atoms with Gasteiger partial charge in [0, 0.05) is 57.6 Å². The molecule has 2 aliphatic heterocycles. The number of benzene rings is 1. The van der Waals surface area contributed by atoms with E-state index in [1.165, 1.54) is 25.5 Å². The second-order valence-electron chi connectivity index (χ2n) is 10.7. The lowest BCUT2D eigenvalue weighted by Crippen LogP contribution is -2.49. The molecule has 39 heavy (non-hydrogen) atoms. The lowest BCUT2D eigenvalue weighted by molar-refractivity contribution is 0.0993. The minimum atomic E-state index is -0.644. The number of halogens is 2. The van der Waals surface area contributed by atoms with Crippen LogP contribution in [0.15, 0.2) is 36.7 Å². The van der Waals surface area contributed by atoms with Crippen LogP contribution in [0, 0.1) is 11.6 Å². The summed E-state index contributed by atoms with van der Waals surface area (Å²) < 4.78 is 29.6. The Bertz CT molecular complexity index is 1270. The van der Waals surface area contributed by atoms with Crippen molar-refractivity contribution in [3.63, 3.8) is 0 Å². The van der Waals surface area contributed by atoms with Crippen LogP contribution in [-0.4, -0.2) is 70.6 Å². The molecular weight excluding hydrogens is 498 g/mol. The minimum absolute atomic E-state index is 0.00252. The van der Waals surface area contributed by atoms with Crippen molar-refractivity contribution < 1.29 is 8.78 Å². The van der Waals surface area contributed by atoms with Crippen molar-refractivity contribution in [3.05, 3.63) is 53.9 Å². The van der Waals surface area contributed by atoms with Crippen LogP contribution < -0.4 is 16.0 Å². The van der Waals surface area contributed by atoms with E-state index in [4.69, 9.17) is 5.73 Å². The molecule has 0 aliphatic carbocycles. The third-order valence-electron chi connectivity index (χ3n) is 7.78. The van der Waals surface area contributed by atoms with Gasteiger partial charge in [-0.25, -0.2) is 23.7 Å². The molecule has 10 heteroatoms. The molecule has 0 bridgehead atoms. The number of rotatable bonds is 10. The summed E-state index contributed by atoms with van der Waals surface area (Å²) in [5, 5.41) is 3.05. The Morgan fingerprint density at radius 3 is 2.74 bits per heavy atom. The molecule has 1 atom stereocenters. The standard InChI is InChI=1S/C29H38F2N8/c1-3-4-5-10-37(2)25-15-21(14-23(30)27(25)32)28-24(31)17-34-29(36-28)35-26-9-8-20(16-33-26)18-38-12-13-39-11-6-7-22(39)19-38/h8-9,14-17,22H,3-7,10-13,18-19,32H2,1-2H3,(H,33,34,35,36). The van der Waals surface area contributed by atoms with Crippen LogP contribution >= 0.6 is 0 Å². The molecule has 0 radical (unpaired) electrons. The fourth-order valence-corrected chi connectivity index (χ4v) is 5.57. The summed E-state index contributed by atoms with van der Waals surface area (Å²) in [6.07, 6.45) is 8.63. The van der Waals surface area contributed by atoms with Crippen LogP contribution in [0.1, 0.15) is 44.6 Å². The van der Waals surface area contributed by atoms with Crippen LogP contribution in [0.2, 0.25) is 0 Å². The molecule has 0 spiro atoms. The van der Waals surface area contributed by atoms with Gasteiger partial charge in [0.25, 0.3) is 0 Å². The summed E-state index contributed by atoms with van der Waals surface area (Å²) in [6.45, 7) is 8.26. The van der Waals surface area contributed by atoms with E-state index >= 15 is 0 Å². The zero-order valence-electron chi connectivity index (χ0n) is 22.8. The van der Waals surface area contributed by atoms with Gasteiger partial charge in [-0.3, -0.25) is 9.80 Å². The highest BCUT2D eigenvalue weighted by Gasteiger charge is 2.30. The number of nitrogen functional groups attached to an aromatic ring is 1. The number of fused-ring (bicyclic) bond motifs is 1. The molecule has 2 aliphatic rings. The summed E-state index contributed by atoms with van der Waals surface area (Å²) in [7, 11) is 1.86. The third-order valence-corrected chi connectivity index (χ3v) is 7.78. The van der Waals surface area contributed by atoms with E-state index in [0.29, 0.717) is 23.1 Å². The van der Waals surface area contributed by atoms with E-state index in [-0.39, 0.29) is 17.3 Å². The lowest BCUT2D eigenvalue weighted by Gasteiger charge is -2.37. The Labute approximate surface area is 229 Å². The van der Waals surface area contributed by atoms with E-state index in [1.54, 1.807) is 6.07 Å². The molecule has 5 rings (SSSR count). The van der Waals surface area contributed by atoms with Crippen molar-refractivity contribution in [2.75, 3.05) is 55.7 Å². The maximum absolute atomic E-state index is 14.8. The van der Waals surface area contributed by atoms with Crippen LogP contribution in [0.4, 0.5) is 31.9 Å². The molecule has 0 amide bonds.